The Kier molecular flexibility index (Phi) is 5.31. The fourth-order valence-electron chi connectivity index (χ4n) is 3.52. The second-order valence-corrected chi connectivity index (χ2v) is 6.73. The summed E-state index contributed by atoms with van der Waals surface area (Å²) in [6.07, 6.45) is 7.91. The van der Waals surface area contributed by atoms with Crippen LogP contribution in [0.25, 0.3) is 0 Å². The quantitative estimate of drug-likeness (QED) is 0.841. The highest BCUT2D eigenvalue weighted by atomic mass is 16.2. The minimum atomic E-state index is -0.0113. The molecule has 1 aromatic carbocycles. The van der Waals surface area contributed by atoms with Crippen LogP contribution in [0, 0.1) is 0 Å². The minimum Gasteiger partial charge on any atom is -0.355 e. The molecular formula is C19H26N2O2. The summed E-state index contributed by atoms with van der Waals surface area (Å²) in [5.41, 5.74) is 1.00. The van der Waals surface area contributed by atoms with E-state index in [1.165, 1.54) is 12.8 Å². The minimum absolute atomic E-state index is 0.0113. The first-order chi connectivity index (χ1) is 11.2. The van der Waals surface area contributed by atoms with E-state index in [4.69, 9.17) is 0 Å². The summed E-state index contributed by atoms with van der Waals surface area (Å²) in [5.74, 6) is 0.210. The van der Waals surface area contributed by atoms with Gasteiger partial charge in [-0.25, -0.2) is 0 Å². The average Bonchev–Trinajstić information content (AvgIpc) is 3.22. The lowest BCUT2D eigenvalue weighted by atomic mass is 10.1. The molecule has 124 valence electrons. The Balaban J connectivity index is 1.42. The van der Waals surface area contributed by atoms with Gasteiger partial charge in [-0.15, -0.1) is 0 Å². The molecule has 2 amide bonds. The number of nitrogens with one attached hydrogen (secondary N) is 1. The van der Waals surface area contributed by atoms with Crippen LogP contribution in [0.15, 0.2) is 30.3 Å². The second-order valence-electron chi connectivity index (χ2n) is 6.73. The molecule has 0 radical (unpaired) electrons. The van der Waals surface area contributed by atoms with E-state index < -0.39 is 0 Å². The molecule has 0 atom stereocenters. The van der Waals surface area contributed by atoms with Crippen LogP contribution in [0.2, 0.25) is 0 Å². The van der Waals surface area contributed by atoms with Gasteiger partial charge in [0.1, 0.15) is 0 Å². The van der Waals surface area contributed by atoms with E-state index in [9.17, 15) is 9.59 Å². The molecular weight excluding hydrogens is 288 g/mol. The maximum absolute atomic E-state index is 12.5. The fraction of sp³-hybridized carbons (Fsp3) is 0.579. The first-order valence-electron chi connectivity index (χ1n) is 8.86. The summed E-state index contributed by atoms with van der Waals surface area (Å²) in [7, 11) is 0. The number of carbonyl (C=O) groups is 2. The van der Waals surface area contributed by atoms with Crippen molar-refractivity contribution in [2.24, 2.45) is 0 Å². The molecule has 0 aliphatic heterocycles. The van der Waals surface area contributed by atoms with Crippen LogP contribution >= 0.6 is 0 Å². The third-order valence-electron chi connectivity index (χ3n) is 4.81. The summed E-state index contributed by atoms with van der Waals surface area (Å²) in [5, 5.41) is 2.88. The summed E-state index contributed by atoms with van der Waals surface area (Å²) in [6, 6.07) is 10.6. The zero-order valence-electron chi connectivity index (χ0n) is 13.7. The number of carbonyl (C=O) groups excluding carboxylic acids is 2. The lowest BCUT2D eigenvalue weighted by Gasteiger charge is -2.29. The molecule has 0 heterocycles. The first kappa shape index (κ1) is 16.0. The lowest BCUT2D eigenvalue weighted by molar-refractivity contribution is -0.134. The van der Waals surface area contributed by atoms with E-state index in [0.29, 0.717) is 31.5 Å². The smallest absolute Gasteiger partial charge is 0.224 e. The normalized spacial score (nSPS) is 17.9. The van der Waals surface area contributed by atoms with Crippen molar-refractivity contribution in [1.82, 2.24) is 10.2 Å². The number of nitrogens with zero attached hydrogens (tertiary/aromatic N) is 1. The monoisotopic (exact) mass is 314 g/mol. The number of benzene rings is 1. The SMILES string of the molecule is O=C(Cc1ccccc1)NCCC(=O)N(C1CCCC1)C1CC1. The maximum atomic E-state index is 12.5. The topological polar surface area (TPSA) is 49.4 Å². The van der Waals surface area contributed by atoms with Gasteiger partial charge in [-0.3, -0.25) is 9.59 Å². The third kappa shape index (κ3) is 4.57. The summed E-state index contributed by atoms with van der Waals surface area (Å²) in [4.78, 5) is 26.6. The predicted octanol–water partition coefficient (Wildman–Crippen LogP) is 2.67. The Hall–Kier alpha value is -1.84. The summed E-state index contributed by atoms with van der Waals surface area (Å²) in [6.45, 7) is 0.445. The van der Waals surface area contributed by atoms with Crippen molar-refractivity contribution < 1.29 is 9.59 Å². The molecule has 2 aliphatic rings. The van der Waals surface area contributed by atoms with Gasteiger partial charge in [0.2, 0.25) is 11.8 Å². The third-order valence-corrected chi connectivity index (χ3v) is 4.81. The molecule has 2 saturated carbocycles. The Bertz CT molecular complexity index is 534. The maximum Gasteiger partial charge on any atom is 0.224 e. The highest BCUT2D eigenvalue weighted by molar-refractivity contribution is 5.80. The van der Waals surface area contributed by atoms with Crippen molar-refractivity contribution in [2.45, 2.75) is 63.5 Å². The molecule has 2 aliphatic carbocycles. The van der Waals surface area contributed by atoms with E-state index in [1.54, 1.807) is 0 Å². The van der Waals surface area contributed by atoms with Crippen LogP contribution in [-0.2, 0) is 16.0 Å². The molecule has 4 nitrogen and oxygen atoms in total. The number of amides is 2. The van der Waals surface area contributed by atoms with Gasteiger partial charge in [0, 0.05) is 25.0 Å². The zero-order valence-corrected chi connectivity index (χ0v) is 13.7. The molecule has 23 heavy (non-hydrogen) atoms. The molecule has 0 bridgehead atoms. The fourth-order valence-corrected chi connectivity index (χ4v) is 3.52. The lowest BCUT2D eigenvalue weighted by Crippen LogP contribution is -2.42. The van der Waals surface area contributed by atoms with E-state index in [2.05, 4.69) is 10.2 Å². The summed E-state index contributed by atoms with van der Waals surface area (Å²) < 4.78 is 0. The Labute approximate surface area is 138 Å². The van der Waals surface area contributed by atoms with Crippen LogP contribution in [0.4, 0.5) is 0 Å². The van der Waals surface area contributed by atoms with Crippen LogP contribution in [0.1, 0.15) is 50.5 Å². The average molecular weight is 314 g/mol. The predicted molar refractivity (Wildman–Crippen MR) is 89.9 cm³/mol. The zero-order chi connectivity index (χ0) is 16.1. The molecule has 0 unspecified atom stereocenters. The molecule has 4 heteroatoms. The Morgan fingerprint density at radius 1 is 1.00 bits per heavy atom. The molecule has 1 N–H and O–H groups in total. The van der Waals surface area contributed by atoms with Crippen LogP contribution in [0.5, 0.6) is 0 Å². The highest BCUT2D eigenvalue weighted by Crippen LogP contribution is 2.34. The van der Waals surface area contributed by atoms with E-state index in [-0.39, 0.29) is 11.8 Å². The Morgan fingerprint density at radius 3 is 2.30 bits per heavy atom. The van der Waals surface area contributed by atoms with Crippen molar-refractivity contribution >= 4 is 11.8 Å². The van der Waals surface area contributed by atoms with Crippen LogP contribution in [0.3, 0.4) is 0 Å². The summed E-state index contributed by atoms with van der Waals surface area (Å²) >= 11 is 0. The van der Waals surface area contributed by atoms with Gasteiger partial charge in [-0.1, -0.05) is 43.2 Å². The van der Waals surface area contributed by atoms with Crippen LogP contribution in [-0.4, -0.2) is 35.3 Å². The van der Waals surface area contributed by atoms with Gasteiger partial charge >= 0.3 is 0 Å². The standard InChI is InChI=1S/C19H26N2O2/c22-18(14-15-6-2-1-3-7-15)20-13-12-19(23)21(17-10-11-17)16-8-4-5-9-16/h1-3,6-7,16-17H,4-5,8-14H2,(H,20,22). The molecule has 2 fully saturated rings. The largest absolute Gasteiger partial charge is 0.355 e. The van der Waals surface area contributed by atoms with Gasteiger partial charge in [0.25, 0.3) is 0 Å². The van der Waals surface area contributed by atoms with Crippen molar-refractivity contribution in [2.75, 3.05) is 6.54 Å². The van der Waals surface area contributed by atoms with Crippen molar-refractivity contribution in [3.8, 4) is 0 Å². The van der Waals surface area contributed by atoms with Crippen LogP contribution < -0.4 is 5.32 Å². The number of rotatable bonds is 7. The van der Waals surface area contributed by atoms with Gasteiger partial charge in [-0.05, 0) is 31.2 Å². The molecule has 3 rings (SSSR count). The van der Waals surface area contributed by atoms with E-state index >= 15 is 0 Å². The van der Waals surface area contributed by atoms with E-state index in [0.717, 1.165) is 31.2 Å². The van der Waals surface area contributed by atoms with Gasteiger partial charge < -0.3 is 10.2 Å². The molecule has 0 spiro atoms. The molecule has 1 aromatic rings. The van der Waals surface area contributed by atoms with Gasteiger partial charge in [0.05, 0.1) is 6.42 Å². The molecule has 0 saturated heterocycles. The first-order valence-corrected chi connectivity index (χ1v) is 8.86. The highest BCUT2D eigenvalue weighted by Gasteiger charge is 2.37. The second kappa shape index (κ2) is 7.62. The number of hydrogen-bond donors (Lipinski definition) is 1. The van der Waals surface area contributed by atoms with Gasteiger partial charge in [-0.2, -0.15) is 0 Å². The van der Waals surface area contributed by atoms with E-state index in [1.807, 2.05) is 30.3 Å². The van der Waals surface area contributed by atoms with Crippen molar-refractivity contribution in [1.29, 1.82) is 0 Å². The van der Waals surface area contributed by atoms with Crippen molar-refractivity contribution in [3.63, 3.8) is 0 Å². The molecule has 0 aromatic heterocycles. The van der Waals surface area contributed by atoms with Gasteiger partial charge in [0.15, 0.2) is 0 Å². The Morgan fingerprint density at radius 2 is 1.65 bits per heavy atom. The van der Waals surface area contributed by atoms with Crippen molar-refractivity contribution in [3.05, 3.63) is 35.9 Å². The number of hydrogen-bond acceptors (Lipinski definition) is 2.